The lowest BCUT2D eigenvalue weighted by Crippen LogP contribution is -2.40. The van der Waals surface area contributed by atoms with Crippen molar-refractivity contribution in [2.75, 3.05) is 11.5 Å². The quantitative estimate of drug-likeness (QED) is 0.669. The van der Waals surface area contributed by atoms with Gasteiger partial charge in [-0.2, -0.15) is 0 Å². The van der Waals surface area contributed by atoms with Crippen LogP contribution in [0, 0.1) is 0 Å². The molecule has 4 rings (SSSR count). The van der Waals surface area contributed by atoms with Gasteiger partial charge < -0.3 is 13.8 Å². The number of hydrogen-bond donors (Lipinski definition) is 0. The summed E-state index contributed by atoms with van der Waals surface area (Å²) in [6, 6.07) is 14.0. The lowest BCUT2D eigenvalue weighted by Gasteiger charge is -2.26. The number of furan rings is 1. The van der Waals surface area contributed by atoms with Crippen LogP contribution in [0.1, 0.15) is 22.7 Å². The number of rotatable bonds is 5. The summed E-state index contributed by atoms with van der Waals surface area (Å²) in [6.07, 6.45) is 1.92. The maximum atomic E-state index is 13.1. The van der Waals surface area contributed by atoms with Crippen molar-refractivity contribution in [3.8, 4) is 11.3 Å². The standard InChI is InChI=1S/C19H18N2O5S/c22-19(17-11-18(26-20-17)14-5-2-1-3-6-14)21(12-16-7-4-9-25-16)15-8-10-27(23,24)13-15/h1-7,9,11,15H,8,10,12-13H2/t15-/m1/s1. The Labute approximate surface area is 156 Å². The molecule has 0 bridgehead atoms. The van der Waals surface area contributed by atoms with Gasteiger partial charge >= 0.3 is 0 Å². The van der Waals surface area contributed by atoms with E-state index in [2.05, 4.69) is 5.16 Å². The zero-order valence-corrected chi connectivity index (χ0v) is 15.3. The third kappa shape index (κ3) is 3.80. The summed E-state index contributed by atoms with van der Waals surface area (Å²) < 4.78 is 34.5. The normalized spacial score (nSPS) is 18.4. The number of hydrogen-bond acceptors (Lipinski definition) is 6. The largest absolute Gasteiger partial charge is 0.467 e. The van der Waals surface area contributed by atoms with Gasteiger partial charge in [0.25, 0.3) is 5.91 Å². The molecule has 1 amide bonds. The van der Waals surface area contributed by atoms with Crippen LogP contribution in [0.4, 0.5) is 0 Å². The van der Waals surface area contributed by atoms with E-state index in [-0.39, 0.29) is 29.7 Å². The van der Waals surface area contributed by atoms with Crippen LogP contribution in [0.5, 0.6) is 0 Å². The number of amides is 1. The Balaban J connectivity index is 1.61. The molecule has 27 heavy (non-hydrogen) atoms. The third-order valence-corrected chi connectivity index (χ3v) is 6.35. The first-order valence-corrected chi connectivity index (χ1v) is 10.4. The summed E-state index contributed by atoms with van der Waals surface area (Å²) in [5.74, 6) is 0.714. The van der Waals surface area contributed by atoms with Crippen LogP contribution < -0.4 is 0 Å². The Kier molecular flexibility index (Phi) is 4.57. The average molecular weight is 386 g/mol. The zero-order valence-electron chi connectivity index (χ0n) is 14.4. The van der Waals surface area contributed by atoms with Crippen LogP contribution in [0.3, 0.4) is 0 Å². The van der Waals surface area contributed by atoms with Crippen molar-refractivity contribution in [1.82, 2.24) is 10.1 Å². The summed E-state index contributed by atoms with van der Waals surface area (Å²) in [6.45, 7) is 0.180. The molecular weight excluding hydrogens is 368 g/mol. The molecule has 0 radical (unpaired) electrons. The molecule has 1 aliphatic rings. The van der Waals surface area contributed by atoms with Crippen molar-refractivity contribution in [3.63, 3.8) is 0 Å². The van der Waals surface area contributed by atoms with Gasteiger partial charge in [0.1, 0.15) is 5.76 Å². The summed E-state index contributed by atoms with van der Waals surface area (Å²) in [7, 11) is -3.14. The van der Waals surface area contributed by atoms with Crippen LogP contribution in [-0.4, -0.2) is 41.9 Å². The minimum atomic E-state index is -3.14. The predicted octanol–water partition coefficient (Wildman–Crippen LogP) is 2.76. The summed E-state index contributed by atoms with van der Waals surface area (Å²) in [4.78, 5) is 14.6. The predicted molar refractivity (Wildman–Crippen MR) is 97.6 cm³/mol. The fraction of sp³-hybridized carbons (Fsp3) is 0.263. The Bertz CT molecular complexity index is 1030. The molecular formula is C19H18N2O5S. The van der Waals surface area contributed by atoms with Gasteiger partial charge in [-0.3, -0.25) is 4.79 Å². The van der Waals surface area contributed by atoms with E-state index in [0.717, 1.165) is 5.56 Å². The third-order valence-electron chi connectivity index (χ3n) is 4.60. The number of sulfone groups is 1. The minimum absolute atomic E-state index is 0.0527. The van der Waals surface area contributed by atoms with Gasteiger partial charge in [0, 0.05) is 17.7 Å². The second-order valence-corrected chi connectivity index (χ2v) is 8.74. The van der Waals surface area contributed by atoms with Crippen LogP contribution in [0.25, 0.3) is 11.3 Å². The van der Waals surface area contributed by atoms with E-state index in [0.29, 0.717) is 17.9 Å². The molecule has 2 aromatic heterocycles. The first kappa shape index (κ1) is 17.5. The van der Waals surface area contributed by atoms with Crippen molar-refractivity contribution < 1.29 is 22.2 Å². The van der Waals surface area contributed by atoms with Crippen molar-refractivity contribution in [2.24, 2.45) is 0 Å². The molecule has 8 heteroatoms. The lowest BCUT2D eigenvalue weighted by molar-refractivity contribution is 0.0655. The highest BCUT2D eigenvalue weighted by molar-refractivity contribution is 7.91. The SMILES string of the molecule is O=C(c1cc(-c2ccccc2)on1)N(Cc1ccco1)[C@@H]1CCS(=O)(=O)C1. The maximum absolute atomic E-state index is 13.1. The van der Waals surface area contributed by atoms with E-state index in [1.165, 1.54) is 11.2 Å². The highest BCUT2D eigenvalue weighted by Gasteiger charge is 2.36. The number of aromatic nitrogens is 1. The second-order valence-electron chi connectivity index (χ2n) is 6.51. The molecule has 3 heterocycles. The highest BCUT2D eigenvalue weighted by Crippen LogP contribution is 2.25. The summed E-state index contributed by atoms with van der Waals surface area (Å²) in [5, 5.41) is 3.90. The highest BCUT2D eigenvalue weighted by atomic mass is 32.2. The van der Waals surface area contributed by atoms with E-state index in [1.54, 1.807) is 18.2 Å². The molecule has 140 valence electrons. The van der Waals surface area contributed by atoms with Crippen molar-refractivity contribution >= 4 is 15.7 Å². The van der Waals surface area contributed by atoms with Gasteiger partial charge in [-0.15, -0.1) is 0 Å². The first-order valence-electron chi connectivity index (χ1n) is 8.58. The molecule has 7 nitrogen and oxygen atoms in total. The summed E-state index contributed by atoms with van der Waals surface area (Å²) >= 11 is 0. The van der Waals surface area contributed by atoms with Gasteiger partial charge in [-0.25, -0.2) is 8.42 Å². The first-order chi connectivity index (χ1) is 13.0. The number of nitrogens with zero attached hydrogens (tertiary/aromatic N) is 2. The lowest BCUT2D eigenvalue weighted by atomic mass is 10.1. The van der Waals surface area contributed by atoms with Crippen molar-refractivity contribution in [2.45, 2.75) is 19.0 Å². The Hall–Kier alpha value is -2.87. The fourth-order valence-corrected chi connectivity index (χ4v) is 4.95. The van der Waals surface area contributed by atoms with Crippen LogP contribution >= 0.6 is 0 Å². The average Bonchev–Trinajstić information content (AvgIpc) is 3.41. The molecule has 0 saturated carbocycles. The molecule has 0 aliphatic carbocycles. The Morgan fingerprint density at radius 3 is 2.67 bits per heavy atom. The zero-order chi connectivity index (χ0) is 18.9. The number of benzene rings is 1. The van der Waals surface area contributed by atoms with Crippen molar-refractivity contribution in [1.29, 1.82) is 0 Å². The van der Waals surface area contributed by atoms with E-state index in [1.807, 2.05) is 30.3 Å². The molecule has 0 N–H and O–H groups in total. The van der Waals surface area contributed by atoms with Crippen LogP contribution in [0.2, 0.25) is 0 Å². The van der Waals surface area contributed by atoms with Gasteiger partial charge in [-0.1, -0.05) is 35.5 Å². The molecule has 0 spiro atoms. The smallest absolute Gasteiger partial charge is 0.276 e. The van der Waals surface area contributed by atoms with Gasteiger partial charge in [0.2, 0.25) is 0 Å². The molecule has 3 aromatic rings. The van der Waals surface area contributed by atoms with E-state index in [4.69, 9.17) is 8.94 Å². The fourth-order valence-electron chi connectivity index (χ4n) is 3.22. The Morgan fingerprint density at radius 1 is 1.19 bits per heavy atom. The van der Waals surface area contributed by atoms with Gasteiger partial charge in [-0.05, 0) is 18.6 Å². The topological polar surface area (TPSA) is 93.6 Å². The molecule has 1 atom stereocenters. The van der Waals surface area contributed by atoms with Crippen LogP contribution in [0.15, 0.2) is 63.7 Å². The monoisotopic (exact) mass is 386 g/mol. The molecule has 1 aliphatic heterocycles. The molecule has 1 fully saturated rings. The number of carbonyl (C=O) groups excluding carboxylic acids is 1. The number of carbonyl (C=O) groups is 1. The molecule has 1 saturated heterocycles. The van der Waals surface area contributed by atoms with Crippen molar-refractivity contribution in [3.05, 3.63) is 66.2 Å². The second kappa shape index (κ2) is 7.03. The van der Waals surface area contributed by atoms with E-state index < -0.39 is 15.9 Å². The minimum Gasteiger partial charge on any atom is -0.467 e. The summed E-state index contributed by atoms with van der Waals surface area (Å²) in [5.41, 5.74) is 0.954. The molecule has 0 unspecified atom stereocenters. The van der Waals surface area contributed by atoms with Gasteiger partial charge in [0.05, 0.1) is 24.3 Å². The van der Waals surface area contributed by atoms with E-state index in [9.17, 15) is 13.2 Å². The van der Waals surface area contributed by atoms with E-state index >= 15 is 0 Å². The van der Waals surface area contributed by atoms with Gasteiger partial charge in [0.15, 0.2) is 21.3 Å². The Morgan fingerprint density at radius 2 is 2.00 bits per heavy atom. The molecule has 1 aromatic carbocycles. The van der Waals surface area contributed by atoms with Crippen LogP contribution in [-0.2, 0) is 16.4 Å². The maximum Gasteiger partial charge on any atom is 0.276 e.